The highest BCUT2D eigenvalue weighted by Crippen LogP contribution is 2.05. The lowest BCUT2D eigenvalue weighted by Gasteiger charge is -2.06. The van der Waals surface area contributed by atoms with Gasteiger partial charge in [0.1, 0.15) is 0 Å². The molecule has 6 heteroatoms. The molecule has 0 fully saturated rings. The molecule has 1 aromatic carbocycles. The first kappa shape index (κ1) is 11.5. The van der Waals surface area contributed by atoms with Crippen LogP contribution < -0.4 is 10.3 Å². The summed E-state index contributed by atoms with van der Waals surface area (Å²) < 4.78 is 23.0. The topological polar surface area (TPSA) is 58.2 Å². The number of nitrogens with one attached hydrogen (secondary N) is 2. The molecule has 1 aromatic rings. The molecule has 78 valence electrons. The fraction of sp³-hybridized carbons (Fsp3) is 0.250. The van der Waals surface area contributed by atoms with Crippen molar-refractivity contribution < 1.29 is 8.42 Å². The SMILES string of the molecule is O=S(=O)(NNCCCl)c1ccccc1. The fourth-order valence-electron chi connectivity index (χ4n) is 0.852. The normalized spacial score (nSPS) is 11.5. The lowest BCUT2D eigenvalue weighted by atomic mass is 10.4. The third kappa shape index (κ3) is 3.26. The highest BCUT2D eigenvalue weighted by molar-refractivity contribution is 7.89. The summed E-state index contributed by atoms with van der Waals surface area (Å²) in [4.78, 5) is 2.44. The van der Waals surface area contributed by atoms with Gasteiger partial charge in [-0.15, -0.1) is 16.4 Å². The number of halogens is 1. The second-order valence-electron chi connectivity index (χ2n) is 2.53. The molecule has 0 aliphatic carbocycles. The molecule has 0 unspecified atom stereocenters. The molecular formula is C8H11ClN2O2S. The van der Waals surface area contributed by atoms with Crippen molar-refractivity contribution in [3.63, 3.8) is 0 Å². The van der Waals surface area contributed by atoms with Gasteiger partial charge in [-0.3, -0.25) is 0 Å². The van der Waals surface area contributed by atoms with Gasteiger partial charge in [-0.25, -0.2) is 13.8 Å². The van der Waals surface area contributed by atoms with Crippen molar-refractivity contribution in [2.75, 3.05) is 12.4 Å². The maximum Gasteiger partial charge on any atom is 0.253 e. The van der Waals surface area contributed by atoms with Crippen LogP contribution in [0.3, 0.4) is 0 Å². The highest BCUT2D eigenvalue weighted by Gasteiger charge is 2.11. The summed E-state index contributed by atoms with van der Waals surface area (Å²) in [6.07, 6.45) is 0. The van der Waals surface area contributed by atoms with E-state index in [0.29, 0.717) is 12.4 Å². The van der Waals surface area contributed by atoms with Crippen LogP contribution in [-0.4, -0.2) is 20.8 Å². The van der Waals surface area contributed by atoms with Gasteiger partial charge in [0, 0.05) is 12.4 Å². The van der Waals surface area contributed by atoms with Gasteiger partial charge < -0.3 is 0 Å². The Morgan fingerprint density at radius 1 is 1.21 bits per heavy atom. The maximum absolute atomic E-state index is 11.5. The number of sulfonamides is 1. The molecule has 14 heavy (non-hydrogen) atoms. The standard InChI is InChI=1S/C8H11ClN2O2S/c9-6-7-10-11-14(12,13)8-4-2-1-3-5-8/h1-5,10-11H,6-7H2. The Kier molecular flexibility index (Phi) is 4.34. The predicted octanol–water partition coefficient (Wildman–Crippen LogP) is 0.708. The van der Waals surface area contributed by atoms with Gasteiger partial charge >= 0.3 is 0 Å². The first-order valence-corrected chi connectivity index (χ1v) is 6.04. The Balaban J connectivity index is 2.67. The van der Waals surface area contributed by atoms with Crippen molar-refractivity contribution in [1.82, 2.24) is 10.3 Å². The smallest absolute Gasteiger partial charge is 0.243 e. The van der Waals surface area contributed by atoms with Gasteiger partial charge in [0.2, 0.25) is 0 Å². The molecule has 0 spiro atoms. The lowest BCUT2D eigenvalue weighted by molar-refractivity contribution is 0.561. The molecule has 0 atom stereocenters. The Morgan fingerprint density at radius 2 is 1.86 bits per heavy atom. The maximum atomic E-state index is 11.5. The van der Waals surface area contributed by atoms with E-state index in [2.05, 4.69) is 10.3 Å². The van der Waals surface area contributed by atoms with Crippen LogP contribution in [0.15, 0.2) is 35.2 Å². The summed E-state index contributed by atoms with van der Waals surface area (Å²) in [5.74, 6) is 0.345. The van der Waals surface area contributed by atoms with Crippen molar-refractivity contribution in [2.45, 2.75) is 4.90 Å². The third-order valence-electron chi connectivity index (χ3n) is 1.48. The van der Waals surface area contributed by atoms with Crippen LogP contribution in [0.25, 0.3) is 0 Å². The summed E-state index contributed by atoms with van der Waals surface area (Å²) >= 11 is 5.38. The molecular weight excluding hydrogens is 224 g/mol. The Hall–Kier alpha value is -0.620. The van der Waals surface area contributed by atoms with E-state index in [1.54, 1.807) is 18.2 Å². The zero-order chi connectivity index (χ0) is 10.4. The van der Waals surface area contributed by atoms with Crippen LogP contribution in [0.2, 0.25) is 0 Å². The van der Waals surface area contributed by atoms with E-state index in [-0.39, 0.29) is 4.90 Å². The van der Waals surface area contributed by atoms with E-state index in [0.717, 1.165) is 0 Å². The highest BCUT2D eigenvalue weighted by atomic mass is 35.5. The monoisotopic (exact) mass is 234 g/mol. The number of hydrazine groups is 1. The van der Waals surface area contributed by atoms with E-state index in [9.17, 15) is 8.42 Å². The number of benzene rings is 1. The summed E-state index contributed by atoms with van der Waals surface area (Å²) in [6, 6.07) is 8.12. The predicted molar refractivity (Wildman–Crippen MR) is 55.5 cm³/mol. The summed E-state index contributed by atoms with van der Waals surface area (Å²) in [5.41, 5.74) is 2.50. The van der Waals surface area contributed by atoms with Crippen LogP contribution in [0.4, 0.5) is 0 Å². The minimum atomic E-state index is -3.45. The van der Waals surface area contributed by atoms with Gasteiger partial charge in [0.05, 0.1) is 4.90 Å². The average molecular weight is 235 g/mol. The first-order valence-electron chi connectivity index (χ1n) is 4.02. The number of alkyl halides is 1. The largest absolute Gasteiger partial charge is 0.253 e. The van der Waals surface area contributed by atoms with E-state index in [4.69, 9.17) is 11.6 Å². The molecule has 4 nitrogen and oxygen atoms in total. The zero-order valence-electron chi connectivity index (χ0n) is 7.40. The summed E-state index contributed by atoms with van der Waals surface area (Å²) in [7, 11) is -3.45. The van der Waals surface area contributed by atoms with E-state index < -0.39 is 10.0 Å². The molecule has 0 aromatic heterocycles. The van der Waals surface area contributed by atoms with Crippen LogP contribution in [-0.2, 0) is 10.0 Å². The van der Waals surface area contributed by atoms with Crippen LogP contribution >= 0.6 is 11.6 Å². The molecule has 0 aliphatic heterocycles. The van der Waals surface area contributed by atoms with Crippen molar-refractivity contribution >= 4 is 21.6 Å². The van der Waals surface area contributed by atoms with E-state index in [1.807, 2.05) is 0 Å². The van der Waals surface area contributed by atoms with Crippen LogP contribution in [0.5, 0.6) is 0 Å². The molecule has 1 rings (SSSR count). The third-order valence-corrected chi connectivity index (χ3v) is 2.97. The molecule has 0 bridgehead atoms. The summed E-state index contributed by atoms with van der Waals surface area (Å²) in [5, 5.41) is 0. The molecule has 0 radical (unpaired) electrons. The molecule has 0 saturated carbocycles. The van der Waals surface area contributed by atoms with E-state index >= 15 is 0 Å². The molecule has 0 aliphatic rings. The first-order chi connectivity index (χ1) is 6.67. The van der Waals surface area contributed by atoms with Gasteiger partial charge in [0.15, 0.2) is 0 Å². The average Bonchev–Trinajstić information content (AvgIpc) is 2.19. The number of hydrogen-bond acceptors (Lipinski definition) is 3. The second kappa shape index (κ2) is 5.31. The van der Waals surface area contributed by atoms with Gasteiger partial charge in [-0.05, 0) is 12.1 Å². The van der Waals surface area contributed by atoms with Crippen molar-refractivity contribution in [1.29, 1.82) is 0 Å². The minimum absolute atomic E-state index is 0.224. The Morgan fingerprint density at radius 3 is 2.43 bits per heavy atom. The zero-order valence-corrected chi connectivity index (χ0v) is 8.98. The number of hydrogen-bond donors (Lipinski definition) is 2. The van der Waals surface area contributed by atoms with Crippen LogP contribution in [0.1, 0.15) is 0 Å². The molecule has 0 saturated heterocycles. The second-order valence-corrected chi connectivity index (χ2v) is 4.59. The molecule has 2 N–H and O–H groups in total. The van der Waals surface area contributed by atoms with E-state index in [1.165, 1.54) is 12.1 Å². The van der Waals surface area contributed by atoms with Gasteiger partial charge in [-0.1, -0.05) is 18.2 Å². The Labute approximate surface area is 88.3 Å². The van der Waals surface area contributed by atoms with Crippen molar-refractivity contribution in [3.8, 4) is 0 Å². The molecule has 0 amide bonds. The van der Waals surface area contributed by atoms with Gasteiger partial charge in [-0.2, -0.15) is 0 Å². The Bertz CT molecular complexity index is 366. The van der Waals surface area contributed by atoms with Gasteiger partial charge in [0.25, 0.3) is 10.0 Å². The van der Waals surface area contributed by atoms with Crippen molar-refractivity contribution in [3.05, 3.63) is 30.3 Å². The minimum Gasteiger partial charge on any atom is -0.243 e. The van der Waals surface area contributed by atoms with Crippen molar-refractivity contribution in [2.24, 2.45) is 0 Å². The lowest BCUT2D eigenvalue weighted by Crippen LogP contribution is -2.38. The van der Waals surface area contributed by atoms with Crippen LogP contribution in [0, 0.1) is 0 Å². The fourth-order valence-corrected chi connectivity index (χ4v) is 1.87. The quantitative estimate of drug-likeness (QED) is 0.448. The molecule has 0 heterocycles. The number of rotatable bonds is 5. The summed E-state index contributed by atoms with van der Waals surface area (Å²) in [6.45, 7) is 0.383.